The lowest BCUT2D eigenvalue weighted by Gasteiger charge is -2.47. The van der Waals surface area contributed by atoms with E-state index in [9.17, 15) is 19.2 Å². The summed E-state index contributed by atoms with van der Waals surface area (Å²) in [6.45, 7) is 13.1. The Kier molecular flexibility index (Phi) is 9.07. The first-order valence-corrected chi connectivity index (χ1v) is 15.4. The number of thioether (sulfide) groups is 1. The van der Waals surface area contributed by atoms with Crippen LogP contribution in [0.15, 0.2) is 23.1 Å². The molecule has 2 heterocycles. The fraction of sp³-hybridized carbons (Fsp3) is 0.667. The third-order valence-corrected chi connectivity index (χ3v) is 9.35. The summed E-state index contributed by atoms with van der Waals surface area (Å²) < 4.78 is 5.16. The average molecular weight is 573 g/mol. The van der Waals surface area contributed by atoms with Gasteiger partial charge in [0.15, 0.2) is 0 Å². The molecule has 9 nitrogen and oxygen atoms in total. The summed E-state index contributed by atoms with van der Waals surface area (Å²) in [6, 6.07) is 5.43. The molecule has 0 bridgehead atoms. The van der Waals surface area contributed by atoms with Crippen molar-refractivity contribution in [3.05, 3.63) is 23.8 Å². The summed E-state index contributed by atoms with van der Waals surface area (Å²) in [5.41, 5.74) is 0.661. The highest BCUT2D eigenvalue weighted by atomic mass is 32.2. The number of hydrogen-bond acceptors (Lipinski definition) is 6. The van der Waals surface area contributed by atoms with Crippen LogP contribution in [-0.2, 0) is 14.3 Å². The predicted octanol–water partition coefficient (Wildman–Crippen LogP) is 4.82. The topological polar surface area (TPSA) is 99.3 Å². The van der Waals surface area contributed by atoms with Gasteiger partial charge in [-0.1, -0.05) is 6.92 Å². The van der Waals surface area contributed by atoms with E-state index in [0.717, 1.165) is 42.7 Å². The van der Waals surface area contributed by atoms with Crippen molar-refractivity contribution in [1.29, 1.82) is 0 Å². The lowest BCUT2D eigenvalue weighted by Crippen LogP contribution is -2.55. The Hall–Kier alpha value is -2.75. The smallest absolute Gasteiger partial charge is 0.410 e. The molecule has 1 atom stereocenters. The lowest BCUT2D eigenvalue weighted by molar-refractivity contribution is -0.123. The summed E-state index contributed by atoms with van der Waals surface area (Å²) in [7, 11) is 0. The molecule has 10 heteroatoms. The van der Waals surface area contributed by atoms with Crippen LogP contribution >= 0.6 is 11.8 Å². The third-order valence-electron chi connectivity index (χ3n) is 7.81. The maximum absolute atomic E-state index is 14.0. The fourth-order valence-corrected chi connectivity index (χ4v) is 7.19. The van der Waals surface area contributed by atoms with Gasteiger partial charge in [-0.05, 0) is 84.9 Å². The van der Waals surface area contributed by atoms with E-state index in [0.29, 0.717) is 38.2 Å². The monoisotopic (exact) mass is 572 g/mol. The highest BCUT2D eigenvalue weighted by Crippen LogP contribution is 2.54. The predicted molar refractivity (Wildman–Crippen MR) is 157 cm³/mol. The Morgan fingerprint density at radius 3 is 2.52 bits per heavy atom. The number of nitrogens with zero attached hydrogens (tertiary/aromatic N) is 3. The van der Waals surface area contributed by atoms with Crippen molar-refractivity contribution >= 4 is 41.3 Å². The maximum Gasteiger partial charge on any atom is 0.410 e. The quantitative estimate of drug-likeness (QED) is 0.503. The Labute approximate surface area is 242 Å². The number of anilines is 1. The van der Waals surface area contributed by atoms with Crippen molar-refractivity contribution < 1.29 is 23.9 Å². The zero-order valence-corrected chi connectivity index (χ0v) is 25.6. The molecule has 4 rings (SSSR count). The number of hydrogen-bond donors (Lipinski definition) is 1. The second-order valence-corrected chi connectivity index (χ2v) is 13.7. The van der Waals surface area contributed by atoms with Crippen molar-refractivity contribution in [1.82, 2.24) is 15.1 Å². The number of rotatable bonds is 7. The first kappa shape index (κ1) is 30.2. The van der Waals surface area contributed by atoms with Gasteiger partial charge in [-0.3, -0.25) is 14.4 Å². The fourth-order valence-electron chi connectivity index (χ4n) is 5.67. The Morgan fingerprint density at radius 1 is 1.20 bits per heavy atom. The molecule has 1 spiro atoms. The Bertz CT molecular complexity index is 1140. The molecule has 220 valence electrons. The van der Waals surface area contributed by atoms with Crippen LogP contribution in [0.3, 0.4) is 0 Å². The number of amides is 4. The first-order valence-electron chi connectivity index (χ1n) is 14.6. The second-order valence-electron chi connectivity index (χ2n) is 12.3. The van der Waals surface area contributed by atoms with Crippen LogP contribution in [0, 0.1) is 0 Å². The molecule has 1 aromatic carbocycles. The van der Waals surface area contributed by atoms with Crippen LogP contribution in [0.1, 0.15) is 90.4 Å². The lowest BCUT2D eigenvalue weighted by atomic mass is 9.82. The van der Waals surface area contributed by atoms with Crippen molar-refractivity contribution in [3.8, 4) is 0 Å². The molecule has 2 fully saturated rings. The molecule has 0 radical (unpaired) electrons. The molecule has 1 saturated heterocycles. The van der Waals surface area contributed by atoms with Crippen LogP contribution in [0.25, 0.3) is 0 Å². The van der Waals surface area contributed by atoms with Gasteiger partial charge >= 0.3 is 6.09 Å². The molecule has 1 saturated carbocycles. The summed E-state index contributed by atoms with van der Waals surface area (Å²) in [4.78, 5) is 58.6. The first-order chi connectivity index (χ1) is 18.8. The van der Waals surface area contributed by atoms with Crippen molar-refractivity contribution in [2.75, 3.05) is 31.1 Å². The summed E-state index contributed by atoms with van der Waals surface area (Å²) >= 11 is 1.61. The maximum atomic E-state index is 14.0. The van der Waals surface area contributed by atoms with Gasteiger partial charge in [-0.25, -0.2) is 4.79 Å². The molecule has 0 unspecified atom stereocenters. The van der Waals surface area contributed by atoms with E-state index < -0.39 is 10.3 Å². The van der Waals surface area contributed by atoms with E-state index in [2.05, 4.69) is 5.32 Å². The van der Waals surface area contributed by atoms with Crippen molar-refractivity contribution in [2.24, 2.45) is 0 Å². The van der Waals surface area contributed by atoms with Crippen molar-refractivity contribution in [3.63, 3.8) is 0 Å². The second kappa shape index (κ2) is 12.0. The number of ether oxygens (including phenoxy) is 1. The average Bonchev–Trinajstić information content (AvgIpc) is 2.87. The summed E-state index contributed by atoms with van der Waals surface area (Å²) in [6.07, 6.45) is 4.32. The van der Waals surface area contributed by atoms with Gasteiger partial charge in [-0.2, -0.15) is 0 Å². The molecule has 1 aliphatic carbocycles. The zero-order chi connectivity index (χ0) is 29.2. The molecule has 40 heavy (non-hydrogen) atoms. The third kappa shape index (κ3) is 6.42. The molecule has 0 aromatic heterocycles. The van der Waals surface area contributed by atoms with Gasteiger partial charge in [0.1, 0.15) is 5.60 Å². The molecule has 1 aromatic rings. The SMILES string of the molecule is CCC(=O)NCCN1C(=O)C2(CCC2)Sc2ccc(C(=O)N(C(C)C)[C@@H]3CCCN(C(=O)OC(C)(C)C)C3)cc21. The highest BCUT2D eigenvalue weighted by molar-refractivity contribution is 8.01. The number of carbonyl (C=O) groups excluding carboxylic acids is 4. The van der Waals surface area contributed by atoms with Crippen molar-refractivity contribution in [2.45, 2.75) is 107 Å². The van der Waals surface area contributed by atoms with E-state index in [-0.39, 0.29) is 35.9 Å². The number of likely N-dealkylation sites (tertiary alicyclic amines) is 1. The molecule has 2 aliphatic heterocycles. The highest BCUT2D eigenvalue weighted by Gasteiger charge is 2.51. The van der Waals surface area contributed by atoms with E-state index in [4.69, 9.17) is 4.74 Å². The van der Waals surface area contributed by atoms with Crippen LogP contribution in [0.5, 0.6) is 0 Å². The Morgan fingerprint density at radius 2 is 1.93 bits per heavy atom. The molecular weight excluding hydrogens is 528 g/mol. The molecule has 1 N–H and O–H groups in total. The van der Waals surface area contributed by atoms with Crippen LogP contribution in [0.4, 0.5) is 10.5 Å². The Balaban J connectivity index is 1.57. The number of carbonyl (C=O) groups is 4. The van der Waals surface area contributed by atoms with E-state index in [1.165, 1.54) is 0 Å². The number of nitrogens with one attached hydrogen (secondary N) is 1. The zero-order valence-electron chi connectivity index (χ0n) is 24.7. The van der Waals surface area contributed by atoms with Crippen LogP contribution in [0.2, 0.25) is 0 Å². The number of fused-ring (bicyclic) bond motifs is 1. The van der Waals surface area contributed by atoms with Gasteiger partial charge in [0, 0.05) is 49.1 Å². The number of piperidine rings is 1. The summed E-state index contributed by atoms with van der Waals surface area (Å²) in [5.74, 6) is -0.108. The van der Waals surface area contributed by atoms with Crippen LogP contribution in [-0.4, -0.2) is 82.2 Å². The number of benzene rings is 1. The van der Waals surface area contributed by atoms with Gasteiger partial charge < -0.3 is 24.8 Å². The van der Waals surface area contributed by atoms with E-state index >= 15 is 0 Å². The van der Waals surface area contributed by atoms with Crippen LogP contribution < -0.4 is 10.2 Å². The van der Waals surface area contributed by atoms with E-state index in [1.54, 1.807) is 28.5 Å². The minimum Gasteiger partial charge on any atom is -0.444 e. The van der Waals surface area contributed by atoms with Gasteiger partial charge in [0.2, 0.25) is 11.8 Å². The normalized spacial score (nSPS) is 20.2. The standard InChI is InChI=1S/C30H44N4O5S/c1-7-25(35)31-15-17-33-23-18-21(11-12-24(23)40-30(27(33)37)13-9-14-30)26(36)34(20(2)3)22-10-8-16-32(19-22)28(38)39-29(4,5)6/h11-12,18,20,22H,7-10,13-17,19H2,1-6H3,(H,31,35)/t22-/m1/s1. The van der Waals surface area contributed by atoms with Gasteiger partial charge in [0.25, 0.3) is 5.91 Å². The largest absolute Gasteiger partial charge is 0.444 e. The molecule has 3 aliphatic rings. The van der Waals surface area contributed by atoms with Gasteiger partial charge in [0.05, 0.1) is 16.5 Å². The van der Waals surface area contributed by atoms with E-state index in [1.807, 2.05) is 57.7 Å². The van der Waals surface area contributed by atoms with Gasteiger partial charge in [-0.15, -0.1) is 11.8 Å². The molecule has 4 amide bonds. The molecular formula is C30H44N4O5S. The minimum atomic E-state index is -0.584. The summed E-state index contributed by atoms with van der Waals surface area (Å²) in [5, 5.41) is 2.88. The minimum absolute atomic E-state index is 0.0539.